The van der Waals surface area contributed by atoms with Crippen LogP contribution in [-0.4, -0.2) is 104 Å². The van der Waals surface area contributed by atoms with E-state index >= 15 is 0 Å². The largest absolute Gasteiger partial charge is 0.455 e. The van der Waals surface area contributed by atoms with Crippen LogP contribution in [0.4, 0.5) is 0 Å². The zero-order chi connectivity index (χ0) is 28.1. The fraction of sp³-hybridized carbons (Fsp3) is 0.423. The molecule has 2 aromatic rings. The molecule has 0 unspecified atom stereocenters. The highest BCUT2D eigenvalue weighted by molar-refractivity contribution is 5.89. The first kappa shape index (κ1) is 28.4. The second-order valence-corrected chi connectivity index (χ2v) is 9.04. The zero-order valence-corrected chi connectivity index (χ0v) is 20.4. The van der Waals surface area contributed by atoms with E-state index in [0.29, 0.717) is 0 Å². The van der Waals surface area contributed by atoms with Gasteiger partial charge < -0.3 is 49.5 Å². The van der Waals surface area contributed by atoms with Gasteiger partial charge in [0.25, 0.3) is 0 Å². The number of ether oxygens (including phenoxy) is 4. The number of carbonyl (C=O) groups is 2. The maximum atomic E-state index is 12.9. The molecule has 6 N–H and O–H groups in total. The molecular formula is C26H28N2O11. The van der Waals surface area contributed by atoms with Crippen LogP contribution in [0.2, 0.25) is 0 Å². The number of nitriles is 1. The highest BCUT2D eigenvalue weighted by atomic mass is 16.7. The van der Waals surface area contributed by atoms with Gasteiger partial charge in [0.15, 0.2) is 12.4 Å². The van der Waals surface area contributed by atoms with Crippen molar-refractivity contribution in [2.45, 2.75) is 61.5 Å². The third kappa shape index (κ3) is 6.18. The quantitative estimate of drug-likeness (QED) is 0.186. The molecule has 1 aromatic carbocycles. The number of allylic oxidation sites excluding steroid dienone is 1. The molecule has 39 heavy (non-hydrogen) atoms. The zero-order valence-electron chi connectivity index (χ0n) is 20.4. The predicted molar refractivity (Wildman–Crippen MR) is 129 cm³/mol. The molecule has 0 bridgehead atoms. The lowest BCUT2D eigenvalue weighted by Crippen LogP contribution is -2.61. The Hall–Kier alpha value is -3.61. The number of benzene rings is 1. The Morgan fingerprint density at radius 1 is 1.03 bits per heavy atom. The second kappa shape index (κ2) is 12.5. The van der Waals surface area contributed by atoms with Crippen LogP contribution in [0.25, 0.3) is 0 Å². The normalized spacial score (nSPS) is 33.7. The molecule has 1 saturated heterocycles. The van der Waals surface area contributed by atoms with Gasteiger partial charge in [-0.1, -0.05) is 18.2 Å². The number of rotatable bonds is 7. The van der Waals surface area contributed by atoms with E-state index in [2.05, 4.69) is 4.98 Å². The topological polar surface area (TPSA) is 212 Å². The van der Waals surface area contributed by atoms with E-state index in [9.17, 15) is 40.4 Å². The van der Waals surface area contributed by atoms with Crippen LogP contribution >= 0.6 is 0 Å². The fourth-order valence-corrected chi connectivity index (χ4v) is 4.47. The molecule has 2 heterocycles. The van der Waals surface area contributed by atoms with Gasteiger partial charge in [-0.25, -0.2) is 9.59 Å². The van der Waals surface area contributed by atoms with Crippen LogP contribution in [0.15, 0.2) is 60.3 Å². The first-order chi connectivity index (χ1) is 18.7. The monoisotopic (exact) mass is 544 g/mol. The van der Waals surface area contributed by atoms with Gasteiger partial charge in [0.05, 0.1) is 24.3 Å². The fourth-order valence-electron chi connectivity index (χ4n) is 4.47. The van der Waals surface area contributed by atoms with Crippen molar-refractivity contribution in [2.24, 2.45) is 0 Å². The number of nitrogens with zero attached hydrogens (tertiary/aromatic N) is 1. The Bertz CT molecular complexity index is 1190. The van der Waals surface area contributed by atoms with E-state index < -0.39 is 73.7 Å². The number of aliphatic hydroxyl groups is 5. The molecule has 1 aromatic heterocycles. The van der Waals surface area contributed by atoms with Gasteiger partial charge in [0.1, 0.15) is 42.3 Å². The lowest BCUT2D eigenvalue weighted by atomic mass is 9.84. The molecule has 13 nitrogen and oxygen atoms in total. The van der Waals surface area contributed by atoms with Crippen LogP contribution < -0.4 is 0 Å². The molecule has 2 aliphatic rings. The van der Waals surface area contributed by atoms with Gasteiger partial charge >= 0.3 is 11.9 Å². The van der Waals surface area contributed by atoms with Crippen molar-refractivity contribution >= 4 is 11.9 Å². The maximum absolute atomic E-state index is 12.9. The summed E-state index contributed by atoms with van der Waals surface area (Å²) in [5.74, 6) is -1.64. The summed E-state index contributed by atoms with van der Waals surface area (Å²) < 4.78 is 22.3. The van der Waals surface area contributed by atoms with Crippen LogP contribution in [0.3, 0.4) is 0 Å². The number of esters is 2. The number of hydrogen-bond donors (Lipinski definition) is 6. The minimum Gasteiger partial charge on any atom is -0.455 e. The molecule has 4 rings (SSSR count). The number of hydrogen-bond acceptors (Lipinski definition) is 12. The van der Waals surface area contributed by atoms with Crippen LogP contribution in [0.1, 0.15) is 27.3 Å². The smallest absolute Gasteiger partial charge is 0.355 e. The summed E-state index contributed by atoms with van der Waals surface area (Å²) in [6.45, 7) is -0.701. The van der Waals surface area contributed by atoms with Crippen LogP contribution in [0.5, 0.6) is 0 Å². The van der Waals surface area contributed by atoms with E-state index in [0.717, 1.165) is 6.08 Å². The summed E-state index contributed by atoms with van der Waals surface area (Å²) >= 11 is 0. The Labute approximate surface area is 222 Å². The number of aliphatic hydroxyl groups excluding tert-OH is 5. The predicted octanol–water partition coefficient (Wildman–Crippen LogP) is -0.835. The summed E-state index contributed by atoms with van der Waals surface area (Å²) in [7, 11) is 0. The molecule has 13 heteroatoms. The van der Waals surface area contributed by atoms with Crippen molar-refractivity contribution < 1.29 is 54.1 Å². The molecule has 9 atom stereocenters. The number of nitrogens with one attached hydrogen (secondary N) is 1. The summed E-state index contributed by atoms with van der Waals surface area (Å²) in [6.07, 6.45) is -11.5. The Kier molecular flexibility index (Phi) is 9.10. The molecule has 0 amide bonds. The average molecular weight is 545 g/mol. The summed E-state index contributed by atoms with van der Waals surface area (Å²) in [6, 6.07) is 12.7. The van der Waals surface area contributed by atoms with E-state index in [1.165, 1.54) is 24.4 Å². The standard InChI is InChI=1S/C26H28N2O11/c27-9-8-14-16(37-26-22(33)21(32)20(31)18(12-29)38-26)11-17(36-24(34)13-5-2-1-3-6-13)23(19(14)30)39-25(35)15-7-4-10-28-15/h1-8,10,16-23,26,28-33H,11-12H2/b14-8-/t16-,17+,18+,19-,20-,21-,22+,23-,26+/m0/s1. The van der Waals surface area contributed by atoms with Crippen molar-refractivity contribution in [3.8, 4) is 6.07 Å². The third-order valence-electron chi connectivity index (χ3n) is 6.54. The Balaban J connectivity index is 1.62. The Morgan fingerprint density at radius 3 is 2.41 bits per heavy atom. The molecular weight excluding hydrogens is 516 g/mol. The van der Waals surface area contributed by atoms with Crippen molar-refractivity contribution in [3.05, 3.63) is 71.6 Å². The van der Waals surface area contributed by atoms with E-state index in [4.69, 9.17) is 18.9 Å². The third-order valence-corrected chi connectivity index (χ3v) is 6.54. The minimum absolute atomic E-state index is 0.0702. The summed E-state index contributed by atoms with van der Waals surface area (Å²) in [5, 5.41) is 60.7. The van der Waals surface area contributed by atoms with Crippen molar-refractivity contribution in [1.29, 1.82) is 5.26 Å². The highest BCUT2D eigenvalue weighted by Crippen LogP contribution is 2.35. The van der Waals surface area contributed by atoms with Gasteiger partial charge in [0.2, 0.25) is 0 Å². The minimum atomic E-state index is -1.77. The molecule has 1 saturated carbocycles. The molecule has 208 valence electrons. The van der Waals surface area contributed by atoms with E-state index in [1.807, 2.05) is 0 Å². The lowest BCUT2D eigenvalue weighted by molar-refractivity contribution is -0.312. The Morgan fingerprint density at radius 2 is 1.77 bits per heavy atom. The van der Waals surface area contributed by atoms with Crippen molar-refractivity contribution in [2.75, 3.05) is 6.61 Å². The van der Waals surface area contributed by atoms with E-state index in [-0.39, 0.29) is 23.3 Å². The van der Waals surface area contributed by atoms with Crippen molar-refractivity contribution in [3.63, 3.8) is 0 Å². The second-order valence-electron chi connectivity index (χ2n) is 9.04. The van der Waals surface area contributed by atoms with E-state index in [1.54, 1.807) is 30.3 Å². The van der Waals surface area contributed by atoms with Gasteiger partial charge in [-0.05, 0) is 24.3 Å². The van der Waals surface area contributed by atoms with Crippen LogP contribution in [0, 0.1) is 11.3 Å². The first-order valence-electron chi connectivity index (χ1n) is 12.1. The average Bonchev–Trinajstić information content (AvgIpc) is 3.49. The summed E-state index contributed by atoms with van der Waals surface area (Å²) in [4.78, 5) is 28.3. The van der Waals surface area contributed by atoms with Crippen LogP contribution in [-0.2, 0) is 18.9 Å². The molecule has 0 radical (unpaired) electrons. The van der Waals surface area contributed by atoms with Gasteiger partial charge in [-0.15, -0.1) is 0 Å². The lowest BCUT2D eigenvalue weighted by Gasteiger charge is -2.44. The molecule has 2 fully saturated rings. The number of H-pyrrole nitrogens is 1. The molecule has 0 spiro atoms. The molecule has 1 aliphatic carbocycles. The SMILES string of the molecule is N#C/C=C1/[C@@H](O[C@@H]2O[C@H](CO)[C@H](O)[C@H](O)[C@H]2O)C[C@@H](OC(=O)c2ccccc2)[C@H](OC(=O)c2ccc[nH]2)[C@H]1O. The number of aromatic nitrogens is 1. The maximum Gasteiger partial charge on any atom is 0.355 e. The van der Waals surface area contributed by atoms with Gasteiger partial charge in [0, 0.05) is 24.3 Å². The molecule has 1 aliphatic heterocycles. The van der Waals surface area contributed by atoms with Crippen molar-refractivity contribution in [1.82, 2.24) is 4.98 Å². The highest BCUT2D eigenvalue weighted by Gasteiger charge is 2.50. The number of aromatic amines is 1. The first-order valence-corrected chi connectivity index (χ1v) is 12.1. The van der Waals surface area contributed by atoms with Gasteiger partial charge in [-0.2, -0.15) is 5.26 Å². The number of carbonyl (C=O) groups excluding carboxylic acids is 2. The summed E-state index contributed by atoms with van der Waals surface area (Å²) in [5.41, 5.74) is 0.179. The van der Waals surface area contributed by atoms with Gasteiger partial charge in [-0.3, -0.25) is 0 Å².